The van der Waals surface area contributed by atoms with Crippen molar-refractivity contribution in [2.45, 2.75) is 29.5 Å². The summed E-state index contributed by atoms with van der Waals surface area (Å²) in [7, 11) is -3.90. The van der Waals surface area contributed by atoms with Crippen LogP contribution in [-0.4, -0.2) is 40.4 Å². The van der Waals surface area contributed by atoms with Crippen molar-refractivity contribution < 1.29 is 17.9 Å². The van der Waals surface area contributed by atoms with Crippen LogP contribution in [0.5, 0.6) is 0 Å². The summed E-state index contributed by atoms with van der Waals surface area (Å²) in [5.41, 5.74) is 0. The number of nitrogens with one attached hydrogen (secondary N) is 1. The molecule has 1 saturated carbocycles. The predicted octanol–water partition coefficient (Wildman–Crippen LogP) is 0.0700. The molecule has 0 spiro atoms. The first-order valence-corrected chi connectivity index (χ1v) is 7.76. The van der Waals surface area contributed by atoms with Gasteiger partial charge >= 0.3 is 0 Å². The highest BCUT2D eigenvalue weighted by Gasteiger charge is 2.44. The van der Waals surface area contributed by atoms with Crippen LogP contribution in [0.3, 0.4) is 0 Å². The number of rotatable bonds is 4. The van der Waals surface area contributed by atoms with Gasteiger partial charge in [-0.15, -0.1) is 0 Å². The van der Waals surface area contributed by atoms with E-state index in [2.05, 4.69) is 14.8 Å². The Labute approximate surface area is 120 Å². The van der Waals surface area contributed by atoms with Gasteiger partial charge in [-0.05, 0) is 18.6 Å². The van der Waals surface area contributed by atoms with Crippen molar-refractivity contribution in [2.24, 2.45) is 0 Å². The van der Waals surface area contributed by atoms with Gasteiger partial charge in [0, 0.05) is 24.6 Å². The molecule has 7 nitrogen and oxygen atoms in total. The molecule has 2 heterocycles. The van der Waals surface area contributed by atoms with E-state index in [9.17, 15) is 17.9 Å². The number of sulfonamides is 1. The lowest BCUT2D eigenvalue weighted by Gasteiger charge is -2.41. The highest BCUT2D eigenvalue weighted by molar-refractivity contribution is 7.89. The Balaban J connectivity index is 1.80. The predicted molar refractivity (Wildman–Crippen MR) is 70.2 cm³/mol. The molecular formula is C12H13FN4O3S. The average molecular weight is 312 g/mol. The number of hydrogen-bond donors (Lipinski definition) is 2. The maximum atomic E-state index is 13.1. The minimum Gasteiger partial charge on any atom is -0.391 e. The van der Waals surface area contributed by atoms with Crippen molar-refractivity contribution in [3.63, 3.8) is 0 Å². The molecule has 0 radical (unpaired) electrons. The van der Waals surface area contributed by atoms with Gasteiger partial charge in [-0.1, -0.05) is 0 Å². The van der Waals surface area contributed by atoms with E-state index >= 15 is 0 Å². The lowest BCUT2D eigenvalue weighted by atomic mass is 9.84. The van der Waals surface area contributed by atoms with E-state index in [1.165, 1.54) is 4.68 Å². The zero-order chi connectivity index (χ0) is 15.0. The number of aliphatic hydroxyl groups is 1. The first-order chi connectivity index (χ1) is 9.97. The van der Waals surface area contributed by atoms with Crippen molar-refractivity contribution in [1.82, 2.24) is 19.5 Å². The van der Waals surface area contributed by atoms with Gasteiger partial charge in [0.2, 0.25) is 10.0 Å². The zero-order valence-corrected chi connectivity index (χ0v) is 11.6. The molecule has 0 unspecified atom stereocenters. The molecule has 3 atom stereocenters. The van der Waals surface area contributed by atoms with Crippen LogP contribution in [0.25, 0.3) is 0 Å². The number of hydrogen-bond acceptors (Lipinski definition) is 5. The summed E-state index contributed by atoms with van der Waals surface area (Å²) in [6, 6.07) is 1.60. The van der Waals surface area contributed by atoms with Gasteiger partial charge in [0.25, 0.3) is 0 Å². The second-order valence-corrected chi connectivity index (χ2v) is 6.56. The van der Waals surface area contributed by atoms with Gasteiger partial charge in [0.05, 0.1) is 18.3 Å². The van der Waals surface area contributed by atoms with E-state index in [-0.39, 0.29) is 11.3 Å². The van der Waals surface area contributed by atoms with Crippen LogP contribution in [0, 0.1) is 5.82 Å². The molecule has 1 fully saturated rings. The average Bonchev–Trinajstić information content (AvgIpc) is 2.91. The molecule has 0 saturated heterocycles. The van der Waals surface area contributed by atoms with E-state index in [4.69, 9.17) is 0 Å². The second kappa shape index (κ2) is 5.17. The number of halogens is 1. The smallest absolute Gasteiger partial charge is 0.242 e. The van der Waals surface area contributed by atoms with Crippen molar-refractivity contribution in [1.29, 1.82) is 0 Å². The zero-order valence-electron chi connectivity index (χ0n) is 10.8. The van der Waals surface area contributed by atoms with Crippen LogP contribution >= 0.6 is 0 Å². The van der Waals surface area contributed by atoms with E-state index in [0.717, 1.165) is 18.5 Å². The fourth-order valence-corrected chi connectivity index (χ4v) is 3.59. The standard InChI is InChI=1S/C12H13FN4O3S/c13-8-4-9(7-14-6-8)21(19,20)16-10-5-11(18)12(10)17-3-1-2-15-17/h1-4,6-7,10-12,16,18H,5H2/t10-,11+,12+/m0/s1. The van der Waals surface area contributed by atoms with Crippen molar-refractivity contribution in [2.75, 3.05) is 0 Å². The Morgan fingerprint density at radius 1 is 1.43 bits per heavy atom. The Hall–Kier alpha value is -1.84. The maximum absolute atomic E-state index is 13.1. The van der Waals surface area contributed by atoms with Gasteiger partial charge in [-0.3, -0.25) is 9.67 Å². The third-order valence-corrected chi connectivity index (χ3v) is 4.89. The topological polar surface area (TPSA) is 97.1 Å². The fraction of sp³-hybridized carbons (Fsp3) is 0.333. The second-order valence-electron chi connectivity index (χ2n) is 4.85. The third-order valence-electron chi connectivity index (χ3n) is 3.43. The molecule has 2 N–H and O–H groups in total. The molecule has 0 aliphatic heterocycles. The van der Waals surface area contributed by atoms with Gasteiger partial charge in [-0.2, -0.15) is 5.10 Å². The molecule has 112 valence electrons. The molecule has 0 bridgehead atoms. The van der Waals surface area contributed by atoms with Gasteiger partial charge in [-0.25, -0.2) is 17.5 Å². The summed E-state index contributed by atoms with van der Waals surface area (Å²) in [4.78, 5) is 3.28. The summed E-state index contributed by atoms with van der Waals surface area (Å²) >= 11 is 0. The van der Waals surface area contributed by atoms with Crippen LogP contribution in [-0.2, 0) is 10.0 Å². The van der Waals surface area contributed by atoms with E-state index < -0.39 is 34.0 Å². The van der Waals surface area contributed by atoms with Crippen LogP contribution in [0.4, 0.5) is 4.39 Å². The molecule has 2 aromatic heterocycles. The molecular weight excluding hydrogens is 299 g/mol. The Morgan fingerprint density at radius 3 is 2.86 bits per heavy atom. The largest absolute Gasteiger partial charge is 0.391 e. The first kappa shape index (κ1) is 14.1. The number of aliphatic hydroxyl groups excluding tert-OH is 1. The Kier molecular flexibility index (Phi) is 3.47. The number of nitrogens with zero attached hydrogens (tertiary/aromatic N) is 3. The molecule has 0 aromatic carbocycles. The summed E-state index contributed by atoms with van der Waals surface area (Å²) < 4.78 is 41.4. The van der Waals surface area contributed by atoms with Crippen molar-refractivity contribution >= 4 is 10.0 Å². The van der Waals surface area contributed by atoms with Crippen LogP contribution in [0.15, 0.2) is 41.8 Å². The molecule has 21 heavy (non-hydrogen) atoms. The third kappa shape index (κ3) is 2.67. The molecule has 9 heteroatoms. The van der Waals surface area contributed by atoms with Crippen molar-refractivity contribution in [3.8, 4) is 0 Å². The van der Waals surface area contributed by atoms with Gasteiger partial charge in [0.1, 0.15) is 10.7 Å². The fourth-order valence-electron chi connectivity index (χ4n) is 2.35. The van der Waals surface area contributed by atoms with Crippen LogP contribution in [0.2, 0.25) is 0 Å². The van der Waals surface area contributed by atoms with E-state index in [0.29, 0.717) is 0 Å². The minimum absolute atomic E-state index is 0.247. The number of aromatic nitrogens is 3. The van der Waals surface area contributed by atoms with Crippen LogP contribution < -0.4 is 4.72 Å². The van der Waals surface area contributed by atoms with Gasteiger partial charge in [0.15, 0.2) is 0 Å². The highest BCUT2D eigenvalue weighted by atomic mass is 32.2. The van der Waals surface area contributed by atoms with E-state index in [1.54, 1.807) is 18.5 Å². The van der Waals surface area contributed by atoms with Gasteiger partial charge < -0.3 is 5.11 Å². The molecule has 2 aromatic rings. The lowest BCUT2D eigenvalue weighted by Crippen LogP contribution is -2.56. The molecule has 3 rings (SSSR count). The monoisotopic (exact) mass is 312 g/mol. The van der Waals surface area contributed by atoms with E-state index in [1.807, 2.05) is 0 Å². The Bertz CT molecular complexity index is 735. The Morgan fingerprint density at radius 2 is 2.24 bits per heavy atom. The summed E-state index contributed by atoms with van der Waals surface area (Å²) in [6.07, 6.45) is 4.79. The first-order valence-electron chi connectivity index (χ1n) is 6.27. The van der Waals surface area contributed by atoms with Crippen LogP contribution in [0.1, 0.15) is 12.5 Å². The normalized spacial score (nSPS) is 25.5. The summed E-state index contributed by atoms with van der Waals surface area (Å²) in [5.74, 6) is -0.727. The molecule has 1 aliphatic carbocycles. The lowest BCUT2D eigenvalue weighted by molar-refractivity contribution is 0.000536. The highest BCUT2D eigenvalue weighted by Crippen LogP contribution is 2.33. The minimum atomic E-state index is -3.90. The summed E-state index contributed by atoms with van der Waals surface area (Å²) in [5, 5.41) is 13.8. The maximum Gasteiger partial charge on any atom is 0.242 e. The SMILES string of the molecule is O=S(=O)(N[C@H]1C[C@@H](O)[C@@H]1n1cccn1)c1cncc(F)c1. The number of pyridine rings is 1. The quantitative estimate of drug-likeness (QED) is 0.833. The molecule has 1 aliphatic rings. The summed E-state index contributed by atoms with van der Waals surface area (Å²) in [6.45, 7) is 0. The van der Waals surface area contributed by atoms with Crippen molar-refractivity contribution in [3.05, 3.63) is 42.7 Å². The molecule has 0 amide bonds.